The molecule has 0 atom stereocenters. The van der Waals surface area contributed by atoms with Crippen LogP contribution < -0.4 is 10.6 Å². The number of hydrogen-bond acceptors (Lipinski definition) is 3. The molecule has 3 aromatic carbocycles. The maximum atomic E-state index is 13.7. The monoisotopic (exact) mass is 409 g/mol. The first-order chi connectivity index (χ1) is 14.4. The quantitative estimate of drug-likeness (QED) is 0.625. The van der Waals surface area contributed by atoms with Crippen molar-refractivity contribution < 1.29 is 22.8 Å². The summed E-state index contributed by atoms with van der Waals surface area (Å²) in [6.07, 6.45) is 0. The third kappa shape index (κ3) is 4.31. The van der Waals surface area contributed by atoms with Gasteiger partial charge in [-0.15, -0.1) is 0 Å². The summed E-state index contributed by atoms with van der Waals surface area (Å²) >= 11 is 0. The molecule has 0 aliphatic rings. The summed E-state index contributed by atoms with van der Waals surface area (Å²) in [5, 5.41) is 13.8. The second-order valence-corrected chi connectivity index (χ2v) is 6.16. The Morgan fingerprint density at radius 1 is 0.867 bits per heavy atom. The van der Waals surface area contributed by atoms with Crippen molar-refractivity contribution >= 4 is 17.5 Å². The summed E-state index contributed by atoms with van der Waals surface area (Å²) in [6, 6.07) is 16.9. The normalized spacial score (nSPS) is 10.2. The molecule has 3 rings (SSSR count). The summed E-state index contributed by atoms with van der Waals surface area (Å²) in [5.74, 6) is -6.05. The molecule has 0 fully saturated rings. The van der Waals surface area contributed by atoms with Gasteiger partial charge in [-0.1, -0.05) is 36.4 Å². The van der Waals surface area contributed by atoms with Gasteiger partial charge in [0.25, 0.3) is 5.91 Å². The van der Waals surface area contributed by atoms with Crippen LogP contribution in [-0.4, -0.2) is 18.4 Å². The lowest BCUT2D eigenvalue weighted by atomic mass is 9.95. The van der Waals surface area contributed by atoms with Gasteiger partial charge in [0.05, 0.1) is 23.9 Å². The van der Waals surface area contributed by atoms with Gasteiger partial charge in [-0.2, -0.15) is 5.26 Å². The largest absolute Gasteiger partial charge is 0.343 e. The highest BCUT2D eigenvalue weighted by molar-refractivity contribution is 6.03. The molecular formula is C22H14F3N3O2. The highest BCUT2D eigenvalue weighted by atomic mass is 19.2. The van der Waals surface area contributed by atoms with Crippen LogP contribution in [0.25, 0.3) is 11.1 Å². The lowest BCUT2D eigenvalue weighted by Gasteiger charge is -2.12. The lowest BCUT2D eigenvalue weighted by Crippen LogP contribution is -2.33. The molecule has 0 aliphatic heterocycles. The van der Waals surface area contributed by atoms with Gasteiger partial charge in [0.2, 0.25) is 5.91 Å². The van der Waals surface area contributed by atoms with Crippen LogP contribution in [0.2, 0.25) is 0 Å². The predicted octanol–water partition coefficient (Wildman–Crippen LogP) is 4.01. The van der Waals surface area contributed by atoms with Gasteiger partial charge in [0, 0.05) is 11.1 Å². The van der Waals surface area contributed by atoms with Crippen LogP contribution in [0, 0.1) is 28.8 Å². The minimum absolute atomic E-state index is 0.229. The van der Waals surface area contributed by atoms with Gasteiger partial charge in [0.1, 0.15) is 0 Å². The Hall–Kier alpha value is -4.12. The zero-order valence-corrected chi connectivity index (χ0v) is 15.4. The number of nitrogens with one attached hydrogen (secondary N) is 2. The average molecular weight is 409 g/mol. The molecule has 5 nitrogen and oxygen atoms in total. The topological polar surface area (TPSA) is 82.0 Å². The fourth-order valence-corrected chi connectivity index (χ4v) is 2.80. The van der Waals surface area contributed by atoms with E-state index in [4.69, 9.17) is 0 Å². The summed E-state index contributed by atoms with van der Waals surface area (Å²) < 4.78 is 39.9. The fraction of sp³-hybridized carbons (Fsp3) is 0.0455. The number of halogens is 3. The molecule has 8 heteroatoms. The van der Waals surface area contributed by atoms with Crippen molar-refractivity contribution in [3.63, 3.8) is 0 Å². The second-order valence-electron chi connectivity index (χ2n) is 6.16. The van der Waals surface area contributed by atoms with Crippen LogP contribution >= 0.6 is 0 Å². The molecule has 0 unspecified atom stereocenters. The number of anilines is 1. The van der Waals surface area contributed by atoms with Crippen LogP contribution in [-0.2, 0) is 4.79 Å². The Morgan fingerprint density at radius 3 is 2.27 bits per heavy atom. The van der Waals surface area contributed by atoms with E-state index < -0.39 is 41.5 Å². The van der Waals surface area contributed by atoms with Crippen LogP contribution in [0.1, 0.15) is 15.9 Å². The zero-order chi connectivity index (χ0) is 21.7. The number of hydrogen-bond donors (Lipinski definition) is 2. The molecule has 0 saturated heterocycles. The van der Waals surface area contributed by atoms with E-state index in [9.17, 15) is 28.0 Å². The van der Waals surface area contributed by atoms with Gasteiger partial charge >= 0.3 is 0 Å². The molecule has 0 radical (unpaired) electrons. The average Bonchev–Trinajstić information content (AvgIpc) is 2.77. The minimum Gasteiger partial charge on any atom is -0.343 e. The Bertz CT molecular complexity index is 1170. The van der Waals surface area contributed by atoms with E-state index in [-0.39, 0.29) is 5.56 Å². The van der Waals surface area contributed by atoms with Gasteiger partial charge in [0.15, 0.2) is 17.5 Å². The van der Waals surface area contributed by atoms with Crippen LogP contribution in [0.4, 0.5) is 18.9 Å². The SMILES string of the molecule is N#Cc1ccccc1-c1ccccc1C(=O)NCC(=O)Nc1ccc(F)c(F)c1F. The Balaban J connectivity index is 1.74. The maximum absolute atomic E-state index is 13.7. The second kappa shape index (κ2) is 8.92. The standard InChI is InChI=1S/C22H14F3N3O2/c23-17-9-10-18(21(25)20(17)24)28-19(29)12-27-22(30)16-8-4-3-7-15(16)14-6-2-1-5-13(14)11-26/h1-10H,12H2,(H,27,30)(H,28,29). The van der Waals surface area contributed by atoms with Crippen molar-refractivity contribution in [2.45, 2.75) is 0 Å². The van der Waals surface area contributed by atoms with E-state index in [1.165, 1.54) is 6.07 Å². The van der Waals surface area contributed by atoms with Crippen molar-refractivity contribution in [2.75, 3.05) is 11.9 Å². The summed E-state index contributed by atoms with van der Waals surface area (Å²) in [5.41, 5.74) is 1.12. The Morgan fingerprint density at radius 2 is 1.53 bits per heavy atom. The molecule has 150 valence electrons. The van der Waals surface area contributed by atoms with E-state index >= 15 is 0 Å². The van der Waals surface area contributed by atoms with Crippen LogP contribution in [0.3, 0.4) is 0 Å². The number of nitrogens with zero attached hydrogens (tertiary/aromatic N) is 1. The van der Waals surface area contributed by atoms with E-state index in [1.54, 1.807) is 42.5 Å². The van der Waals surface area contributed by atoms with Gasteiger partial charge in [-0.3, -0.25) is 9.59 Å². The van der Waals surface area contributed by atoms with Crippen molar-refractivity contribution in [1.82, 2.24) is 5.32 Å². The molecular weight excluding hydrogens is 395 g/mol. The number of carbonyl (C=O) groups is 2. The van der Waals surface area contributed by atoms with E-state index in [0.717, 1.165) is 6.07 Å². The molecule has 0 aliphatic carbocycles. The van der Waals surface area contributed by atoms with E-state index in [1.807, 2.05) is 0 Å². The van der Waals surface area contributed by atoms with Gasteiger partial charge in [-0.05, 0) is 29.8 Å². The highest BCUT2D eigenvalue weighted by Crippen LogP contribution is 2.26. The zero-order valence-electron chi connectivity index (χ0n) is 15.4. The van der Waals surface area contributed by atoms with E-state index in [0.29, 0.717) is 22.8 Å². The molecule has 30 heavy (non-hydrogen) atoms. The smallest absolute Gasteiger partial charge is 0.252 e. The number of amides is 2. The van der Waals surface area contributed by atoms with Crippen molar-refractivity contribution in [2.24, 2.45) is 0 Å². The molecule has 0 aromatic heterocycles. The van der Waals surface area contributed by atoms with Crippen LogP contribution in [0.15, 0.2) is 60.7 Å². The maximum Gasteiger partial charge on any atom is 0.252 e. The number of nitriles is 1. The molecule has 3 aromatic rings. The number of benzene rings is 3. The molecule has 2 amide bonds. The minimum atomic E-state index is -1.71. The first-order valence-electron chi connectivity index (χ1n) is 8.72. The molecule has 0 heterocycles. The van der Waals surface area contributed by atoms with Gasteiger partial charge in [-0.25, -0.2) is 13.2 Å². The highest BCUT2D eigenvalue weighted by Gasteiger charge is 2.17. The summed E-state index contributed by atoms with van der Waals surface area (Å²) in [7, 11) is 0. The molecule has 0 spiro atoms. The predicted molar refractivity (Wildman–Crippen MR) is 104 cm³/mol. The van der Waals surface area contributed by atoms with Crippen molar-refractivity contribution in [1.29, 1.82) is 5.26 Å². The van der Waals surface area contributed by atoms with Crippen LogP contribution in [0.5, 0.6) is 0 Å². The number of rotatable bonds is 5. The molecule has 0 bridgehead atoms. The van der Waals surface area contributed by atoms with Crippen molar-refractivity contribution in [3.05, 3.63) is 89.2 Å². The van der Waals surface area contributed by atoms with E-state index in [2.05, 4.69) is 16.7 Å². The van der Waals surface area contributed by atoms with Gasteiger partial charge < -0.3 is 10.6 Å². The Kier molecular flexibility index (Phi) is 6.13. The fourth-order valence-electron chi connectivity index (χ4n) is 2.80. The Labute approximate surface area is 169 Å². The molecule has 0 saturated carbocycles. The third-order valence-electron chi connectivity index (χ3n) is 4.23. The first-order valence-corrected chi connectivity index (χ1v) is 8.72. The van der Waals surface area contributed by atoms with Crippen molar-refractivity contribution in [3.8, 4) is 17.2 Å². The summed E-state index contributed by atoms with van der Waals surface area (Å²) in [4.78, 5) is 24.6. The number of carbonyl (C=O) groups excluding carboxylic acids is 2. The third-order valence-corrected chi connectivity index (χ3v) is 4.23. The first kappa shape index (κ1) is 20.6. The lowest BCUT2D eigenvalue weighted by molar-refractivity contribution is -0.115. The summed E-state index contributed by atoms with van der Waals surface area (Å²) in [6.45, 7) is -0.536. The molecule has 2 N–H and O–H groups in total.